The van der Waals surface area contributed by atoms with Crippen LogP contribution in [0.15, 0.2) is 23.5 Å². The van der Waals surface area contributed by atoms with Crippen molar-refractivity contribution in [2.75, 3.05) is 12.8 Å². The molecule has 1 saturated carbocycles. The maximum Gasteiger partial charge on any atom is 0.252 e. The molecule has 25 heavy (non-hydrogen) atoms. The highest BCUT2D eigenvalue weighted by atomic mass is 35.5. The van der Waals surface area contributed by atoms with E-state index in [1.807, 2.05) is 6.26 Å². The second kappa shape index (κ2) is 8.67. The Morgan fingerprint density at radius 3 is 2.84 bits per heavy atom. The first kappa shape index (κ1) is 18.2. The number of nitrogens with one attached hydrogen (secondary N) is 1. The summed E-state index contributed by atoms with van der Waals surface area (Å²) in [5, 5.41) is 13.0. The highest BCUT2D eigenvalue weighted by molar-refractivity contribution is 7.98. The molecule has 2 aromatic rings. The summed E-state index contributed by atoms with van der Waals surface area (Å²) in [5.74, 6) is 0.893. The molecule has 6 nitrogen and oxygen atoms in total. The molecule has 0 bridgehead atoms. The van der Waals surface area contributed by atoms with E-state index in [0.29, 0.717) is 23.3 Å². The van der Waals surface area contributed by atoms with Crippen LogP contribution in [-0.4, -0.2) is 38.5 Å². The van der Waals surface area contributed by atoms with Gasteiger partial charge in [-0.05, 0) is 37.7 Å². The van der Waals surface area contributed by atoms with Gasteiger partial charge in [0.25, 0.3) is 5.91 Å². The summed E-state index contributed by atoms with van der Waals surface area (Å²) in [6, 6.07) is 3.82. The van der Waals surface area contributed by atoms with Crippen molar-refractivity contribution in [3.8, 4) is 0 Å². The lowest BCUT2D eigenvalue weighted by atomic mass is 10.2. The standard InChI is InChI=1S/C17H22ClN5OS/c1-25-17-22-21-15(23(17)13-5-2-3-6-13)7-4-10-19-16(24)12-8-9-14(18)20-11-12/h8-9,11,13H,2-7,10H2,1H3,(H,19,24). The Kier molecular flexibility index (Phi) is 6.31. The molecular formula is C17H22ClN5OS. The topological polar surface area (TPSA) is 72.7 Å². The number of carbonyl (C=O) groups is 1. The molecule has 1 amide bonds. The van der Waals surface area contributed by atoms with E-state index in [4.69, 9.17) is 11.6 Å². The highest BCUT2D eigenvalue weighted by Gasteiger charge is 2.23. The highest BCUT2D eigenvalue weighted by Crippen LogP contribution is 2.33. The van der Waals surface area contributed by atoms with Crippen LogP contribution in [0.1, 0.15) is 54.3 Å². The molecule has 1 fully saturated rings. The third-order valence-electron chi connectivity index (χ3n) is 4.46. The van der Waals surface area contributed by atoms with Crippen molar-refractivity contribution in [3.63, 3.8) is 0 Å². The fraction of sp³-hybridized carbons (Fsp3) is 0.529. The molecule has 0 spiro atoms. The van der Waals surface area contributed by atoms with Crippen molar-refractivity contribution in [2.24, 2.45) is 0 Å². The van der Waals surface area contributed by atoms with Crippen molar-refractivity contribution in [1.82, 2.24) is 25.1 Å². The van der Waals surface area contributed by atoms with Crippen molar-refractivity contribution >= 4 is 29.3 Å². The van der Waals surface area contributed by atoms with Crippen LogP contribution in [0.2, 0.25) is 5.15 Å². The monoisotopic (exact) mass is 379 g/mol. The van der Waals surface area contributed by atoms with E-state index in [1.54, 1.807) is 23.9 Å². The first-order valence-corrected chi connectivity index (χ1v) is 10.2. The first-order chi connectivity index (χ1) is 12.2. The van der Waals surface area contributed by atoms with E-state index in [0.717, 1.165) is 23.8 Å². The van der Waals surface area contributed by atoms with Crippen molar-refractivity contribution in [2.45, 2.75) is 49.7 Å². The summed E-state index contributed by atoms with van der Waals surface area (Å²) in [5.41, 5.74) is 0.517. The Labute approximate surface area is 156 Å². The predicted octanol–water partition coefficient (Wildman–Crippen LogP) is 3.53. The van der Waals surface area contributed by atoms with E-state index >= 15 is 0 Å². The van der Waals surface area contributed by atoms with E-state index < -0.39 is 0 Å². The Morgan fingerprint density at radius 2 is 2.16 bits per heavy atom. The summed E-state index contributed by atoms with van der Waals surface area (Å²) in [7, 11) is 0. The second-order valence-corrected chi connectivity index (χ2v) is 7.30. The first-order valence-electron chi connectivity index (χ1n) is 8.56. The molecule has 0 radical (unpaired) electrons. The lowest BCUT2D eigenvalue weighted by Crippen LogP contribution is -2.25. The quantitative estimate of drug-likeness (QED) is 0.452. The number of thioether (sulfide) groups is 1. The molecule has 134 valence electrons. The number of aryl methyl sites for hydroxylation is 1. The van der Waals surface area contributed by atoms with Gasteiger partial charge in [-0.15, -0.1) is 10.2 Å². The normalized spacial score (nSPS) is 14.8. The van der Waals surface area contributed by atoms with Crippen molar-refractivity contribution in [3.05, 3.63) is 34.9 Å². The molecule has 1 aliphatic rings. The zero-order chi connectivity index (χ0) is 17.6. The number of aromatic nitrogens is 4. The molecule has 1 aliphatic carbocycles. The van der Waals surface area contributed by atoms with E-state index in [9.17, 15) is 4.79 Å². The Bertz CT molecular complexity index is 712. The number of hydrogen-bond acceptors (Lipinski definition) is 5. The van der Waals surface area contributed by atoms with Gasteiger partial charge in [-0.25, -0.2) is 4.98 Å². The fourth-order valence-corrected chi connectivity index (χ4v) is 3.89. The zero-order valence-electron chi connectivity index (χ0n) is 14.2. The van der Waals surface area contributed by atoms with E-state index in [1.165, 1.54) is 31.9 Å². The fourth-order valence-electron chi connectivity index (χ4n) is 3.21. The minimum absolute atomic E-state index is 0.133. The van der Waals surface area contributed by atoms with Gasteiger partial charge in [0.15, 0.2) is 5.16 Å². The van der Waals surface area contributed by atoms with Crippen molar-refractivity contribution in [1.29, 1.82) is 0 Å². The minimum Gasteiger partial charge on any atom is -0.352 e. The number of amides is 1. The molecule has 0 saturated heterocycles. The lowest BCUT2D eigenvalue weighted by Gasteiger charge is -2.16. The molecule has 2 aromatic heterocycles. The van der Waals surface area contributed by atoms with Gasteiger partial charge in [0, 0.05) is 25.2 Å². The number of nitrogens with zero attached hydrogens (tertiary/aromatic N) is 4. The van der Waals surface area contributed by atoms with Crippen molar-refractivity contribution < 1.29 is 4.79 Å². The number of hydrogen-bond donors (Lipinski definition) is 1. The zero-order valence-corrected chi connectivity index (χ0v) is 15.8. The summed E-state index contributed by atoms with van der Waals surface area (Å²) in [6.45, 7) is 0.591. The maximum absolute atomic E-state index is 12.1. The van der Waals surface area contributed by atoms with Gasteiger partial charge in [-0.1, -0.05) is 36.2 Å². The third-order valence-corrected chi connectivity index (χ3v) is 5.33. The molecule has 3 rings (SSSR count). The average molecular weight is 380 g/mol. The minimum atomic E-state index is -0.133. The molecule has 0 aromatic carbocycles. The Hall–Kier alpha value is -1.60. The second-order valence-electron chi connectivity index (χ2n) is 6.14. The molecule has 0 aliphatic heterocycles. The Morgan fingerprint density at radius 1 is 1.36 bits per heavy atom. The van der Waals surface area contributed by atoms with E-state index in [-0.39, 0.29) is 5.91 Å². The summed E-state index contributed by atoms with van der Waals surface area (Å²) < 4.78 is 2.31. The smallest absolute Gasteiger partial charge is 0.252 e. The van der Waals surface area contributed by atoms with Gasteiger partial charge in [0.2, 0.25) is 0 Å². The molecule has 2 heterocycles. The maximum atomic E-state index is 12.1. The largest absolute Gasteiger partial charge is 0.352 e. The number of halogens is 1. The molecular weight excluding hydrogens is 358 g/mol. The van der Waals surface area contributed by atoms with Crippen LogP contribution in [0.5, 0.6) is 0 Å². The molecule has 0 atom stereocenters. The molecule has 1 N–H and O–H groups in total. The van der Waals surface area contributed by atoms with Gasteiger partial charge in [0.1, 0.15) is 11.0 Å². The van der Waals surface area contributed by atoms with Crippen LogP contribution < -0.4 is 5.32 Å². The third kappa shape index (κ3) is 4.52. The average Bonchev–Trinajstić information content (AvgIpc) is 3.28. The van der Waals surface area contributed by atoms with Crippen LogP contribution in [-0.2, 0) is 6.42 Å². The Balaban J connectivity index is 1.53. The van der Waals surface area contributed by atoms with Gasteiger partial charge in [-0.2, -0.15) is 0 Å². The van der Waals surface area contributed by atoms with Crippen LogP contribution in [0.25, 0.3) is 0 Å². The molecule has 0 unspecified atom stereocenters. The van der Waals surface area contributed by atoms with Crippen LogP contribution >= 0.6 is 23.4 Å². The van der Waals surface area contributed by atoms with Gasteiger partial charge < -0.3 is 9.88 Å². The lowest BCUT2D eigenvalue weighted by molar-refractivity contribution is 0.0952. The van der Waals surface area contributed by atoms with Crippen LogP contribution in [0.4, 0.5) is 0 Å². The number of rotatable bonds is 7. The summed E-state index contributed by atoms with van der Waals surface area (Å²) in [6.07, 6.45) is 10.1. The van der Waals surface area contributed by atoms with Crippen LogP contribution in [0.3, 0.4) is 0 Å². The summed E-state index contributed by atoms with van der Waals surface area (Å²) in [4.78, 5) is 16.0. The predicted molar refractivity (Wildman–Crippen MR) is 99.2 cm³/mol. The summed E-state index contributed by atoms with van der Waals surface area (Å²) >= 11 is 7.38. The number of carbonyl (C=O) groups excluding carboxylic acids is 1. The van der Waals surface area contributed by atoms with E-state index in [2.05, 4.69) is 25.1 Å². The SMILES string of the molecule is CSc1nnc(CCCNC(=O)c2ccc(Cl)nc2)n1C1CCCC1. The molecule has 8 heteroatoms. The van der Waals surface area contributed by atoms with Gasteiger partial charge >= 0.3 is 0 Å². The van der Waals surface area contributed by atoms with Gasteiger partial charge in [-0.3, -0.25) is 4.79 Å². The van der Waals surface area contributed by atoms with Gasteiger partial charge in [0.05, 0.1) is 5.56 Å². The van der Waals surface area contributed by atoms with Crippen LogP contribution in [0, 0.1) is 0 Å². The number of pyridine rings is 1.